The summed E-state index contributed by atoms with van der Waals surface area (Å²) in [4.78, 5) is 2.23. The molecule has 0 saturated carbocycles. The molecular formula is C15H22N2S. The standard InChI is InChI=1S/C15H22N2S/c1-15(2,3)13(11-18)10-17(4)14-7-5-12(9-16)6-8-14/h5-8,13,18H,10-11H2,1-4H3. The van der Waals surface area contributed by atoms with Crippen LogP contribution in [-0.4, -0.2) is 19.3 Å². The summed E-state index contributed by atoms with van der Waals surface area (Å²) >= 11 is 4.46. The van der Waals surface area contributed by atoms with Crippen LogP contribution in [0.4, 0.5) is 5.69 Å². The third-order valence-electron chi connectivity index (χ3n) is 3.38. The first-order valence-electron chi connectivity index (χ1n) is 6.20. The van der Waals surface area contributed by atoms with E-state index in [1.54, 1.807) is 0 Å². The summed E-state index contributed by atoms with van der Waals surface area (Å²) in [6.07, 6.45) is 0. The smallest absolute Gasteiger partial charge is 0.0991 e. The molecule has 0 aromatic heterocycles. The Kier molecular flexibility index (Phi) is 5.10. The van der Waals surface area contributed by atoms with E-state index >= 15 is 0 Å². The highest BCUT2D eigenvalue weighted by Crippen LogP contribution is 2.28. The fourth-order valence-electron chi connectivity index (χ4n) is 1.83. The highest BCUT2D eigenvalue weighted by atomic mass is 32.1. The number of hydrogen-bond donors (Lipinski definition) is 1. The van der Waals surface area contributed by atoms with Gasteiger partial charge in [0.25, 0.3) is 0 Å². The lowest BCUT2D eigenvalue weighted by Gasteiger charge is -2.33. The minimum atomic E-state index is 0.253. The molecule has 0 saturated heterocycles. The van der Waals surface area contributed by atoms with E-state index < -0.39 is 0 Å². The zero-order valence-electron chi connectivity index (χ0n) is 11.6. The SMILES string of the molecule is CN(CC(CS)C(C)(C)C)c1ccc(C#N)cc1. The van der Waals surface area contributed by atoms with E-state index in [-0.39, 0.29) is 5.41 Å². The van der Waals surface area contributed by atoms with Crippen LogP contribution in [-0.2, 0) is 0 Å². The van der Waals surface area contributed by atoms with Crippen LogP contribution in [0.3, 0.4) is 0 Å². The Hall–Kier alpha value is -1.14. The number of hydrogen-bond acceptors (Lipinski definition) is 3. The lowest BCUT2D eigenvalue weighted by Crippen LogP contribution is -2.34. The molecule has 2 nitrogen and oxygen atoms in total. The second kappa shape index (κ2) is 6.15. The Morgan fingerprint density at radius 3 is 2.22 bits per heavy atom. The van der Waals surface area contributed by atoms with Gasteiger partial charge in [0.2, 0.25) is 0 Å². The third kappa shape index (κ3) is 3.96. The van der Waals surface area contributed by atoms with Gasteiger partial charge in [-0.3, -0.25) is 0 Å². The summed E-state index contributed by atoms with van der Waals surface area (Å²) < 4.78 is 0. The van der Waals surface area contributed by atoms with Gasteiger partial charge in [-0.25, -0.2) is 0 Å². The minimum Gasteiger partial charge on any atom is -0.374 e. The monoisotopic (exact) mass is 262 g/mol. The number of rotatable bonds is 4. The molecule has 0 radical (unpaired) electrons. The van der Waals surface area contributed by atoms with Crippen molar-refractivity contribution < 1.29 is 0 Å². The minimum absolute atomic E-state index is 0.253. The fourth-order valence-corrected chi connectivity index (χ4v) is 2.50. The first kappa shape index (κ1) is 14.9. The Labute approximate surface area is 116 Å². The predicted octanol–water partition coefficient (Wildman–Crippen LogP) is 3.59. The molecule has 1 atom stereocenters. The third-order valence-corrected chi connectivity index (χ3v) is 3.82. The van der Waals surface area contributed by atoms with Gasteiger partial charge in [-0.15, -0.1) is 0 Å². The van der Waals surface area contributed by atoms with E-state index in [1.807, 2.05) is 24.3 Å². The average molecular weight is 262 g/mol. The van der Waals surface area contributed by atoms with E-state index in [2.05, 4.69) is 51.4 Å². The van der Waals surface area contributed by atoms with Gasteiger partial charge in [-0.05, 0) is 41.4 Å². The van der Waals surface area contributed by atoms with Crippen LogP contribution >= 0.6 is 12.6 Å². The molecule has 0 spiro atoms. The molecular weight excluding hydrogens is 240 g/mol. The first-order chi connectivity index (χ1) is 8.38. The second-order valence-corrected chi connectivity index (χ2v) is 6.15. The average Bonchev–Trinajstić information content (AvgIpc) is 2.34. The Bertz CT molecular complexity index is 412. The van der Waals surface area contributed by atoms with Crippen LogP contribution in [0.15, 0.2) is 24.3 Å². The molecule has 1 aromatic carbocycles. The quantitative estimate of drug-likeness (QED) is 0.840. The Morgan fingerprint density at radius 1 is 1.28 bits per heavy atom. The number of nitriles is 1. The van der Waals surface area contributed by atoms with Crippen molar-refractivity contribution in [1.82, 2.24) is 0 Å². The second-order valence-electron chi connectivity index (χ2n) is 5.78. The van der Waals surface area contributed by atoms with Crippen LogP contribution in [0, 0.1) is 22.7 Å². The highest BCUT2D eigenvalue weighted by Gasteiger charge is 2.24. The summed E-state index contributed by atoms with van der Waals surface area (Å²) in [5.41, 5.74) is 2.10. The maximum Gasteiger partial charge on any atom is 0.0991 e. The van der Waals surface area contributed by atoms with Crippen molar-refractivity contribution in [3.63, 3.8) is 0 Å². The summed E-state index contributed by atoms with van der Waals surface area (Å²) in [6, 6.07) is 9.85. The molecule has 0 aliphatic heterocycles. The molecule has 0 fully saturated rings. The van der Waals surface area contributed by atoms with E-state index in [0.717, 1.165) is 18.0 Å². The molecule has 18 heavy (non-hydrogen) atoms. The van der Waals surface area contributed by atoms with Crippen LogP contribution in [0.5, 0.6) is 0 Å². The lowest BCUT2D eigenvalue weighted by atomic mass is 9.81. The van der Waals surface area contributed by atoms with Gasteiger partial charge in [0.1, 0.15) is 0 Å². The highest BCUT2D eigenvalue weighted by molar-refractivity contribution is 7.80. The normalized spacial score (nSPS) is 12.9. The van der Waals surface area contributed by atoms with Gasteiger partial charge in [0.15, 0.2) is 0 Å². The van der Waals surface area contributed by atoms with Crippen molar-refractivity contribution in [2.75, 3.05) is 24.2 Å². The van der Waals surface area contributed by atoms with Crippen LogP contribution in [0.1, 0.15) is 26.3 Å². The van der Waals surface area contributed by atoms with Crippen molar-refractivity contribution in [2.45, 2.75) is 20.8 Å². The molecule has 0 aliphatic carbocycles. The lowest BCUT2D eigenvalue weighted by molar-refractivity contribution is 0.272. The topological polar surface area (TPSA) is 27.0 Å². The van der Waals surface area contributed by atoms with Crippen molar-refractivity contribution in [3.8, 4) is 6.07 Å². The summed E-state index contributed by atoms with van der Waals surface area (Å²) in [6.45, 7) is 7.72. The van der Waals surface area contributed by atoms with Gasteiger partial charge in [0.05, 0.1) is 11.6 Å². The molecule has 0 aliphatic rings. The molecule has 1 rings (SSSR count). The largest absolute Gasteiger partial charge is 0.374 e. The van der Waals surface area contributed by atoms with Crippen molar-refractivity contribution >= 4 is 18.3 Å². The molecule has 1 unspecified atom stereocenters. The van der Waals surface area contributed by atoms with Gasteiger partial charge in [-0.1, -0.05) is 20.8 Å². The molecule has 98 valence electrons. The van der Waals surface area contributed by atoms with Gasteiger partial charge in [0, 0.05) is 19.3 Å². The van der Waals surface area contributed by atoms with Gasteiger partial charge >= 0.3 is 0 Å². The van der Waals surface area contributed by atoms with Crippen molar-refractivity contribution in [1.29, 1.82) is 5.26 Å². The summed E-state index contributed by atoms with van der Waals surface area (Å²) in [7, 11) is 2.09. The predicted molar refractivity (Wildman–Crippen MR) is 81.2 cm³/mol. The van der Waals surface area contributed by atoms with Gasteiger partial charge < -0.3 is 4.90 Å². The van der Waals surface area contributed by atoms with Crippen LogP contribution in [0.2, 0.25) is 0 Å². The number of anilines is 1. The maximum atomic E-state index is 8.78. The number of benzene rings is 1. The number of thiol groups is 1. The Balaban J connectivity index is 2.75. The fraction of sp³-hybridized carbons (Fsp3) is 0.533. The van der Waals surface area contributed by atoms with E-state index in [4.69, 9.17) is 5.26 Å². The van der Waals surface area contributed by atoms with E-state index in [1.165, 1.54) is 0 Å². The molecule has 3 heteroatoms. The first-order valence-corrected chi connectivity index (χ1v) is 6.84. The van der Waals surface area contributed by atoms with Crippen molar-refractivity contribution in [2.24, 2.45) is 11.3 Å². The zero-order valence-corrected chi connectivity index (χ0v) is 12.5. The maximum absolute atomic E-state index is 8.78. The van der Waals surface area contributed by atoms with Crippen molar-refractivity contribution in [3.05, 3.63) is 29.8 Å². The van der Waals surface area contributed by atoms with E-state index in [0.29, 0.717) is 11.5 Å². The van der Waals surface area contributed by atoms with Crippen LogP contribution in [0.25, 0.3) is 0 Å². The summed E-state index contributed by atoms with van der Waals surface area (Å²) in [5.74, 6) is 1.41. The number of nitrogens with zero attached hydrogens (tertiary/aromatic N) is 2. The molecule has 0 N–H and O–H groups in total. The molecule has 0 amide bonds. The zero-order chi connectivity index (χ0) is 13.8. The van der Waals surface area contributed by atoms with E-state index in [9.17, 15) is 0 Å². The molecule has 0 bridgehead atoms. The molecule has 0 heterocycles. The molecule has 1 aromatic rings. The Morgan fingerprint density at radius 2 is 1.83 bits per heavy atom. The van der Waals surface area contributed by atoms with Gasteiger partial charge in [-0.2, -0.15) is 17.9 Å². The van der Waals surface area contributed by atoms with Crippen LogP contribution < -0.4 is 4.90 Å². The summed E-state index contributed by atoms with van der Waals surface area (Å²) in [5, 5.41) is 8.78.